The van der Waals surface area contributed by atoms with E-state index in [9.17, 15) is 9.90 Å². The molecule has 1 aliphatic carbocycles. The van der Waals surface area contributed by atoms with Crippen LogP contribution in [0.1, 0.15) is 50.3 Å². The van der Waals surface area contributed by atoms with E-state index in [1.807, 2.05) is 19.1 Å². The van der Waals surface area contributed by atoms with Gasteiger partial charge in [-0.25, -0.2) is 0 Å². The lowest BCUT2D eigenvalue weighted by Gasteiger charge is -2.15. The van der Waals surface area contributed by atoms with Crippen LogP contribution in [0, 0.1) is 6.92 Å². The molecule has 32 heavy (non-hydrogen) atoms. The molecule has 0 amide bonds. The number of aliphatic hydroxyl groups excluding tert-OH is 1. The van der Waals surface area contributed by atoms with Gasteiger partial charge in [-0.2, -0.15) is 0 Å². The van der Waals surface area contributed by atoms with Crippen LogP contribution >= 0.6 is 0 Å². The number of benzene rings is 2. The van der Waals surface area contributed by atoms with Crippen molar-refractivity contribution in [3.05, 3.63) is 59.8 Å². The maximum Gasteiger partial charge on any atom is 0.304 e. The van der Waals surface area contributed by atoms with Crippen molar-refractivity contribution in [3.8, 4) is 22.5 Å². The lowest BCUT2D eigenvalue weighted by atomic mass is 9.91. The summed E-state index contributed by atoms with van der Waals surface area (Å²) < 4.78 is 5.61. The highest BCUT2D eigenvalue weighted by Gasteiger charge is 2.45. The third kappa shape index (κ3) is 4.70. The molecular weight excluding hydrogens is 404 g/mol. The second-order valence-corrected chi connectivity index (χ2v) is 8.89. The Labute approximate surface area is 188 Å². The van der Waals surface area contributed by atoms with Crippen LogP contribution in [0.15, 0.2) is 53.1 Å². The molecule has 3 aromatic rings. The maximum atomic E-state index is 11.2. The molecule has 0 bridgehead atoms. The molecule has 1 fully saturated rings. The average molecular weight is 435 g/mol. The summed E-state index contributed by atoms with van der Waals surface area (Å²) in [5.74, 6) is -0.0222. The number of aliphatic carboxylic acids is 1. The van der Waals surface area contributed by atoms with Crippen molar-refractivity contribution in [1.82, 2.24) is 5.16 Å². The van der Waals surface area contributed by atoms with Crippen molar-refractivity contribution in [3.63, 3.8) is 0 Å². The van der Waals surface area contributed by atoms with Crippen molar-refractivity contribution < 1.29 is 19.5 Å². The molecule has 0 spiro atoms. The smallest absolute Gasteiger partial charge is 0.304 e. The minimum atomic E-state index is -0.735. The summed E-state index contributed by atoms with van der Waals surface area (Å²) >= 11 is 0. The highest BCUT2D eigenvalue weighted by atomic mass is 16.5. The topological polar surface area (TPSA) is 95.6 Å². The van der Waals surface area contributed by atoms with E-state index in [1.165, 1.54) is 0 Å². The molecule has 1 aromatic heterocycles. The Balaban J connectivity index is 1.50. The molecule has 0 aliphatic heterocycles. The van der Waals surface area contributed by atoms with Gasteiger partial charge in [0.1, 0.15) is 11.4 Å². The van der Waals surface area contributed by atoms with Crippen molar-refractivity contribution in [2.45, 2.75) is 57.4 Å². The third-order valence-corrected chi connectivity index (χ3v) is 6.37. The summed E-state index contributed by atoms with van der Waals surface area (Å²) in [4.78, 5) is 11.2. The number of aromatic nitrogens is 1. The van der Waals surface area contributed by atoms with E-state index in [0.29, 0.717) is 5.76 Å². The van der Waals surface area contributed by atoms with Crippen molar-refractivity contribution >= 4 is 11.7 Å². The number of carboxylic acid groups (broad SMARTS) is 1. The predicted molar refractivity (Wildman–Crippen MR) is 125 cm³/mol. The first-order chi connectivity index (χ1) is 15.4. The largest absolute Gasteiger partial charge is 0.481 e. The van der Waals surface area contributed by atoms with Crippen LogP contribution < -0.4 is 5.32 Å². The zero-order valence-electron chi connectivity index (χ0n) is 18.6. The van der Waals surface area contributed by atoms with Gasteiger partial charge in [0.25, 0.3) is 0 Å². The molecule has 0 radical (unpaired) electrons. The van der Waals surface area contributed by atoms with Gasteiger partial charge in [0.2, 0.25) is 0 Å². The van der Waals surface area contributed by atoms with Gasteiger partial charge >= 0.3 is 5.97 Å². The van der Waals surface area contributed by atoms with E-state index in [2.05, 4.69) is 53.8 Å². The summed E-state index contributed by atoms with van der Waals surface area (Å²) in [6.07, 6.45) is 3.70. The predicted octanol–water partition coefficient (Wildman–Crippen LogP) is 5.40. The monoisotopic (exact) mass is 434 g/mol. The number of carboxylic acids is 1. The van der Waals surface area contributed by atoms with Gasteiger partial charge in [0.05, 0.1) is 6.42 Å². The lowest BCUT2D eigenvalue weighted by Crippen LogP contribution is -2.16. The summed E-state index contributed by atoms with van der Waals surface area (Å²) in [7, 11) is 0. The van der Waals surface area contributed by atoms with Gasteiger partial charge in [-0.3, -0.25) is 4.79 Å². The standard InChI is InChI=1S/C26H30N2O4/c1-17(4-3-15-29)27-24-18(2)28-32-25(24)21-7-5-19(6-8-21)20-9-11-22(12-10-20)26(13-14-26)16-23(30)31/h5-12,17,27,29H,3-4,13-16H2,1-2H3,(H,30,31). The molecule has 6 heteroatoms. The van der Waals surface area contributed by atoms with Crippen molar-refractivity contribution in [1.29, 1.82) is 0 Å². The number of anilines is 1. The fourth-order valence-corrected chi connectivity index (χ4v) is 4.29. The second-order valence-electron chi connectivity index (χ2n) is 8.89. The minimum Gasteiger partial charge on any atom is -0.481 e. The third-order valence-electron chi connectivity index (χ3n) is 6.37. The number of aryl methyl sites for hydroxylation is 1. The molecule has 1 saturated carbocycles. The van der Waals surface area contributed by atoms with Gasteiger partial charge < -0.3 is 20.1 Å². The molecule has 0 saturated heterocycles. The van der Waals surface area contributed by atoms with Crippen molar-refractivity contribution in [2.24, 2.45) is 0 Å². The molecule has 6 nitrogen and oxygen atoms in total. The molecular formula is C26H30N2O4. The van der Waals surface area contributed by atoms with Gasteiger partial charge in [0, 0.05) is 23.6 Å². The molecule has 1 unspecified atom stereocenters. The normalized spacial score (nSPS) is 15.3. The quantitative estimate of drug-likeness (QED) is 0.396. The Morgan fingerprint density at radius 1 is 1.09 bits per heavy atom. The van der Waals surface area contributed by atoms with Crippen LogP contribution in [0.2, 0.25) is 0 Å². The Morgan fingerprint density at radius 3 is 2.25 bits per heavy atom. The van der Waals surface area contributed by atoms with Crippen LogP contribution in [0.25, 0.3) is 22.5 Å². The highest BCUT2D eigenvalue weighted by Crippen LogP contribution is 2.51. The number of aliphatic hydroxyl groups is 1. The Bertz CT molecular complexity index is 1070. The number of carbonyl (C=O) groups is 1. The second kappa shape index (κ2) is 9.17. The summed E-state index contributed by atoms with van der Waals surface area (Å²) in [6, 6.07) is 16.6. The molecule has 3 N–H and O–H groups in total. The Morgan fingerprint density at radius 2 is 1.69 bits per heavy atom. The van der Waals surface area contributed by atoms with Crippen LogP contribution in [-0.2, 0) is 10.2 Å². The number of nitrogens with one attached hydrogen (secondary N) is 1. The lowest BCUT2D eigenvalue weighted by molar-refractivity contribution is -0.137. The SMILES string of the molecule is Cc1noc(-c2ccc(-c3ccc(C4(CC(=O)O)CC4)cc3)cc2)c1NC(C)CCCO. The van der Waals surface area contributed by atoms with E-state index in [-0.39, 0.29) is 24.5 Å². The molecule has 4 rings (SSSR count). The zero-order valence-corrected chi connectivity index (χ0v) is 18.6. The fraction of sp³-hybridized carbons (Fsp3) is 0.385. The number of hydrogen-bond donors (Lipinski definition) is 3. The Kier molecular flexibility index (Phi) is 6.33. The molecule has 2 aromatic carbocycles. The van der Waals surface area contributed by atoms with E-state index in [0.717, 1.165) is 59.3 Å². The number of rotatable bonds is 10. The fourth-order valence-electron chi connectivity index (χ4n) is 4.29. The van der Waals surface area contributed by atoms with E-state index < -0.39 is 5.97 Å². The van der Waals surface area contributed by atoms with Crippen molar-refractivity contribution in [2.75, 3.05) is 11.9 Å². The molecule has 1 atom stereocenters. The van der Waals surface area contributed by atoms with E-state index in [4.69, 9.17) is 9.63 Å². The minimum absolute atomic E-state index is 0.171. The number of hydrogen-bond acceptors (Lipinski definition) is 5. The van der Waals surface area contributed by atoms with E-state index >= 15 is 0 Å². The first kappa shape index (κ1) is 22.1. The van der Waals surface area contributed by atoms with Gasteiger partial charge in [-0.05, 0) is 56.2 Å². The summed E-state index contributed by atoms with van der Waals surface area (Å²) in [5, 5.41) is 25.8. The van der Waals surface area contributed by atoms with Crippen LogP contribution in [0.4, 0.5) is 5.69 Å². The molecule has 168 valence electrons. The number of nitrogens with zero attached hydrogens (tertiary/aromatic N) is 1. The molecule has 1 heterocycles. The van der Waals surface area contributed by atoms with E-state index in [1.54, 1.807) is 0 Å². The Hall–Kier alpha value is -3.12. The molecule has 1 aliphatic rings. The van der Waals surface area contributed by atoms with Gasteiger partial charge in [-0.1, -0.05) is 53.7 Å². The first-order valence-corrected chi connectivity index (χ1v) is 11.2. The van der Waals surface area contributed by atoms with Gasteiger partial charge in [-0.15, -0.1) is 0 Å². The first-order valence-electron chi connectivity index (χ1n) is 11.2. The maximum absolute atomic E-state index is 11.2. The van der Waals surface area contributed by atoms with Crippen LogP contribution in [0.5, 0.6) is 0 Å². The highest BCUT2D eigenvalue weighted by molar-refractivity contribution is 5.77. The summed E-state index contributed by atoms with van der Waals surface area (Å²) in [5.41, 5.74) is 5.77. The van der Waals surface area contributed by atoms with Crippen LogP contribution in [0.3, 0.4) is 0 Å². The van der Waals surface area contributed by atoms with Gasteiger partial charge in [0.15, 0.2) is 5.76 Å². The summed E-state index contributed by atoms with van der Waals surface area (Å²) in [6.45, 7) is 4.19. The average Bonchev–Trinajstić information content (AvgIpc) is 3.48. The zero-order chi connectivity index (χ0) is 22.7. The van der Waals surface area contributed by atoms with Crippen LogP contribution in [-0.4, -0.2) is 34.0 Å².